The number of hydrogen-bond acceptors (Lipinski definition) is 6. The fourth-order valence-corrected chi connectivity index (χ4v) is 2.61. The van der Waals surface area contributed by atoms with Gasteiger partial charge in [0.25, 0.3) is 5.91 Å². The molecule has 2 rings (SSSR count). The molecule has 0 aliphatic carbocycles. The Labute approximate surface area is 168 Å². The average molecular weight is 402 g/mol. The van der Waals surface area contributed by atoms with Gasteiger partial charge in [-0.3, -0.25) is 15.0 Å². The maximum atomic E-state index is 12.7. The van der Waals surface area contributed by atoms with Crippen LogP contribution in [0.25, 0.3) is 0 Å². The van der Waals surface area contributed by atoms with E-state index in [1.807, 2.05) is 35.8 Å². The molecule has 6 N–H and O–H groups in total. The number of rotatable bonds is 9. The number of amides is 3. The highest BCUT2D eigenvalue weighted by Gasteiger charge is 2.29. The Morgan fingerprint density at radius 2 is 1.86 bits per heavy atom. The first-order chi connectivity index (χ1) is 13.9. The van der Waals surface area contributed by atoms with Crippen molar-refractivity contribution in [2.45, 2.75) is 39.0 Å². The van der Waals surface area contributed by atoms with Crippen LogP contribution in [0.1, 0.15) is 25.1 Å². The van der Waals surface area contributed by atoms with Crippen molar-refractivity contribution in [1.29, 1.82) is 0 Å². The van der Waals surface area contributed by atoms with Crippen LogP contribution in [-0.4, -0.2) is 40.0 Å². The van der Waals surface area contributed by atoms with Gasteiger partial charge in [-0.05, 0) is 11.5 Å². The normalized spacial score (nSPS) is 12.7. The monoisotopic (exact) mass is 402 g/mol. The summed E-state index contributed by atoms with van der Waals surface area (Å²) in [5, 5.41) is 5.17. The molecule has 1 heterocycles. The summed E-state index contributed by atoms with van der Waals surface area (Å²) < 4.78 is 5.18. The first-order valence-electron chi connectivity index (χ1n) is 9.16. The predicted molar refractivity (Wildman–Crippen MR) is 105 cm³/mol. The van der Waals surface area contributed by atoms with E-state index in [9.17, 15) is 14.4 Å². The van der Waals surface area contributed by atoms with Crippen molar-refractivity contribution in [3.8, 4) is 0 Å². The summed E-state index contributed by atoms with van der Waals surface area (Å²) in [4.78, 5) is 43.7. The number of hydrogen-bond donors (Lipinski definition) is 5. The second-order valence-corrected chi connectivity index (χ2v) is 6.78. The van der Waals surface area contributed by atoms with Crippen molar-refractivity contribution in [3.05, 3.63) is 54.1 Å². The molecule has 0 spiro atoms. The third kappa shape index (κ3) is 6.92. The van der Waals surface area contributed by atoms with Crippen LogP contribution in [0, 0.1) is 5.92 Å². The lowest BCUT2D eigenvalue weighted by molar-refractivity contribution is -0.130. The quantitative estimate of drug-likeness (QED) is 0.232. The number of benzene rings is 1. The van der Waals surface area contributed by atoms with Gasteiger partial charge in [-0.2, -0.15) is 0 Å². The van der Waals surface area contributed by atoms with Crippen molar-refractivity contribution < 1.29 is 19.1 Å². The summed E-state index contributed by atoms with van der Waals surface area (Å²) in [5.41, 5.74) is 3.50. The van der Waals surface area contributed by atoms with Gasteiger partial charge in [0, 0.05) is 18.3 Å². The van der Waals surface area contributed by atoms with Gasteiger partial charge in [0.05, 0.1) is 6.33 Å². The standard InChI is InChI=1S/C19H26N6O4/c1-12(2)16(24-19(28)29-10-13-6-4-3-5-7-13)18(27)23-15(17(26)25-20)8-14-9-21-11-22-14/h3-7,9,11-12,15-16H,8,10,20H2,1-2H3,(H,21,22)(H,23,27)(H,24,28)(H,25,26)/t15-,16+/m1/s1. The lowest BCUT2D eigenvalue weighted by Gasteiger charge is -2.24. The first-order valence-corrected chi connectivity index (χ1v) is 9.16. The van der Waals surface area contributed by atoms with Crippen LogP contribution in [0.2, 0.25) is 0 Å². The highest BCUT2D eigenvalue weighted by atomic mass is 16.5. The lowest BCUT2D eigenvalue weighted by Crippen LogP contribution is -2.56. The highest BCUT2D eigenvalue weighted by molar-refractivity contribution is 5.91. The zero-order valence-electron chi connectivity index (χ0n) is 16.3. The lowest BCUT2D eigenvalue weighted by atomic mass is 10.0. The van der Waals surface area contributed by atoms with E-state index in [-0.39, 0.29) is 18.9 Å². The molecule has 0 fully saturated rings. The number of ether oxygens (including phenoxy) is 1. The summed E-state index contributed by atoms with van der Waals surface area (Å²) >= 11 is 0. The minimum atomic E-state index is -0.934. The number of aromatic nitrogens is 2. The maximum Gasteiger partial charge on any atom is 0.408 e. The van der Waals surface area contributed by atoms with Gasteiger partial charge >= 0.3 is 6.09 Å². The maximum absolute atomic E-state index is 12.7. The number of H-pyrrole nitrogens is 1. The molecule has 0 aliphatic rings. The Bertz CT molecular complexity index is 794. The van der Waals surface area contributed by atoms with Crippen LogP contribution in [0.5, 0.6) is 0 Å². The molecule has 0 aliphatic heterocycles. The number of nitrogens with one attached hydrogen (secondary N) is 4. The molecule has 10 nitrogen and oxygen atoms in total. The Morgan fingerprint density at radius 1 is 1.14 bits per heavy atom. The van der Waals surface area contributed by atoms with E-state index in [1.54, 1.807) is 20.0 Å². The minimum Gasteiger partial charge on any atom is -0.445 e. The van der Waals surface area contributed by atoms with Crippen LogP contribution >= 0.6 is 0 Å². The second-order valence-electron chi connectivity index (χ2n) is 6.78. The number of nitrogens with zero attached hydrogens (tertiary/aromatic N) is 1. The van der Waals surface area contributed by atoms with E-state index in [0.29, 0.717) is 5.69 Å². The highest BCUT2D eigenvalue weighted by Crippen LogP contribution is 2.06. The van der Waals surface area contributed by atoms with Gasteiger partial charge in [0.2, 0.25) is 5.91 Å². The average Bonchev–Trinajstić information content (AvgIpc) is 3.23. The molecule has 0 unspecified atom stereocenters. The fraction of sp³-hybridized carbons (Fsp3) is 0.368. The van der Waals surface area contributed by atoms with E-state index >= 15 is 0 Å². The molecule has 0 radical (unpaired) electrons. The van der Waals surface area contributed by atoms with Gasteiger partial charge in [0.15, 0.2) is 0 Å². The molecular weight excluding hydrogens is 376 g/mol. The second kappa shape index (κ2) is 10.8. The molecule has 1 aromatic heterocycles. The molecule has 156 valence electrons. The molecule has 2 atom stereocenters. The number of carbonyl (C=O) groups excluding carboxylic acids is 3. The van der Waals surface area contributed by atoms with Crippen LogP contribution in [0.15, 0.2) is 42.9 Å². The van der Waals surface area contributed by atoms with E-state index in [4.69, 9.17) is 10.6 Å². The summed E-state index contributed by atoms with van der Waals surface area (Å²) in [6, 6.07) is 7.35. The topological polar surface area (TPSA) is 151 Å². The van der Waals surface area contributed by atoms with Gasteiger partial charge in [-0.15, -0.1) is 0 Å². The van der Waals surface area contributed by atoms with Crippen molar-refractivity contribution >= 4 is 17.9 Å². The summed E-state index contributed by atoms with van der Waals surface area (Å²) in [6.45, 7) is 3.63. The third-order valence-electron chi connectivity index (χ3n) is 4.19. The zero-order valence-corrected chi connectivity index (χ0v) is 16.3. The fourth-order valence-electron chi connectivity index (χ4n) is 2.61. The first kappa shape index (κ1) is 21.9. The third-order valence-corrected chi connectivity index (χ3v) is 4.19. The van der Waals surface area contributed by atoms with E-state index in [1.165, 1.54) is 6.33 Å². The molecule has 0 saturated heterocycles. The van der Waals surface area contributed by atoms with Crippen LogP contribution < -0.4 is 21.9 Å². The van der Waals surface area contributed by atoms with E-state index in [2.05, 4.69) is 20.6 Å². The SMILES string of the molecule is CC(C)[C@H](NC(=O)OCc1ccccc1)C(=O)N[C@H](Cc1cnc[nH]1)C(=O)NN. The number of imidazole rings is 1. The van der Waals surface area contributed by atoms with Gasteiger partial charge in [0.1, 0.15) is 18.7 Å². The molecule has 0 bridgehead atoms. The number of alkyl carbamates (subject to hydrolysis) is 1. The molecule has 3 amide bonds. The van der Waals surface area contributed by atoms with E-state index < -0.39 is 30.0 Å². The minimum absolute atomic E-state index is 0.0805. The summed E-state index contributed by atoms with van der Waals surface area (Å²) in [5.74, 6) is 3.89. The molecule has 2 aromatic rings. The van der Waals surface area contributed by atoms with Crippen molar-refractivity contribution in [2.24, 2.45) is 11.8 Å². The van der Waals surface area contributed by atoms with Gasteiger partial charge in [-0.1, -0.05) is 44.2 Å². The van der Waals surface area contributed by atoms with E-state index in [0.717, 1.165) is 5.56 Å². The van der Waals surface area contributed by atoms with Gasteiger partial charge in [-0.25, -0.2) is 15.6 Å². The smallest absolute Gasteiger partial charge is 0.408 e. The Balaban J connectivity index is 1.97. The number of carbonyl (C=O) groups is 3. The number of nitrogens with two attached hydrogens (primary N) is 1. The van der Waals surface area contributed by atoms with Crippen LogP contribution in [0.3, 0.4) is 0 Å². The molecule has 0 saturated carbocycles. The molecular formula is C19H26N6O4. The van der Waals surface area contributed by atoms with Gasteiger partial charge < -0.3 is 20.4 Å². The Morgan fingerprint density at radius 3 is 2.45 bits per heavy atom. The summed E-state index contributed by atoms with van der Waals surface area (Å²) in [6.07, 6.45) is 2.45. The summed E-state index contributed by atoms with van der Waals surface area (Å²) in [7, 11) is 0. The predicted octanol–water partition coefficient (Wildman–Crippen LogP) is 0.378. The van der Waals surface area contributed by atoms with Crippen LogP contribution in [0.4, 0.5) is 4.79 Å². The molecule has 1 aromatic carbocycles. The Hall–Kier alpha value is -3.40. The number of aromatic amines is 1. The van der Waals surface area contributed by atoms with Crippen molar-refractivity contribution in [3.63, 3.8) is 0 Å². The van der Waals surface area contributed by atoms with Crippen molar-refractivity contribution in [2.75, 3.05) is 0 Å². The zero-order chi connectivity index (χ0) is 21.2. The molecule has 10 heteroatoms. The Kier molecular flexibility index (Phi) is 8.16. The van der Waals surface area contributed by atoms with Crippen molar-refractivity contribution in [1.82, 2.24) is 26.0 Å². The largest absolute Gasteiger partial charge is 0.445 e. The number of hydrazine groups is 1. The van der Waals surface area contributed by atoms with Crippen LogP contribution in [-0.2, 0) is 27.4 Å². The molecule has 29 heavy (non-hydrogen) atoms.